The van der Waals surface area contributed by atoms with Crippen molar-refractivity contribution >= 4 is 21.9 Å². The topological polar surface area (TPSA) is 40.5 Å². The van der Waals surface area contributed by atoms with E-state index >= 15 is 0 Å². The molecular formula is C12H13BrFNO2. The minimum Gasteiger partial charge on any atom is -0.480 e. The monoisotopic (exact) mass is 301 g/mol. The molecule has 3 nitrogen and oxygen atoms in total. The summed E-state index contributed by atoms with van der Waals surface area (Å²) in [5.41, 5.74) is 0.842. The number of hydrogen-bond acceptors (Lipinski definition) is 2. The van der Waals surface area contributed by atoms with Crippen molar-refractivity contribution in [2.45, 2.75) is 6.54 Å². The number of carbonyl (C=O) groups is 1. The van der Waals surface area contributed by atoms with Crippen molar-refractivity contribution < 1.29 is 14.3 Å². The Morgan fingerprint density at radius 2 is 2.29 bits per heavy atom. The van der Waals surface area contributed by atoms with Gasteiger partial charge in [-0.05, 0) is 17.7 Å². The molecule has 0 heterocycles. The minimum atomic E-state index is -0.898. The van der Waals surface area contributed by atoms with E-state index in [0.29, 0.717) is 17.6 Å². The van der Waals surface area contributed by atoms with Crippen LogP contribution in [-0.4, -0.2) is 29.1 Å². The Morgan fingerprint density at radius 1 is 1.59 bits per heavy atom. The molecule has 0 fully saturated rings. The van der Waals surface area contributed by atoms with Crippen molar-refractivity contribution in [2.24, 2.45) is 0 Å². The Hall–Kier alpha value is -1.20. The van der Waals surface area contributed by atoms with Gasteiger partial charge in [-0.15, -0.1) is 6.58 Å². The van der Waals surface area contributed by atoms with E-state index in [0.717, 1.165) is 5.56 Å². The number of aliphatic carboxylic acids is 1. The number of carboxylic acids is 1. The van der Waals surface area contributed by atoms with Gasteiger partial charge in [0.2, 0.25) is 0 Å². The molecule has 0 aromatic heterocycles. The van der Waals surface area contributed by atoms with E-state index in [4.69, 9.17) is 5.11 Å². The Bertz CT molecular complexity index is 423. The maximum atomic E-state index is 12.9. The quantitative estimate of drug-likeness (QED) is 0.821. The highest BCUT2D eigenvalue weighted by Gasteiger charge is 2.11. The molecule has 0 amide bonds. The van der Waals surface area contributed by atoms with Crippen molar-refractivity contribution in [3.8, 4) is 0 Å². The van der Waals surface area contributed by atoms with Crippen LogP contribution in [0.2, 0.25) is 0 Å². The van der Waals surface area contributed by atoms with Gasteiger partial charge < -0.3 is 5.11 Å². The maximum absolute atomic E-state index is 12.9. The number of hydrogen-bond donors (Lipinski definition) is 1. The van der Waals surface area contributed by atoms with Crippen LogP contribution >= 0.6 is 15.9 Å². The summed E-state index contributed by atoms with van der Waals surface area (Å²) in [6.07, 6.45) is 1.64. The van der Waals surface area contributed by atoms with Gasteiger partial charge in [0.15, 0.2) is 0 Å². The lowest BCUT2D eigenvalue weighted by molar-refractivity contribution is -0.138. The van der Waals surface area contributed by atoms with E-state index in [-0.39, 0.29) is 12.4 Å². The smallest absolute Gasteiger partial charge is 0.317 e. The highest BCUT2D eigenvalue weighted by molar-refractivity contribution is 9.10. The van der Waals surface area contributed by atoms with Crippen LogP contribution in [-0.2, 0) is 11.3 Å². The number of halogens is 2. The van der Waals surface area contributed by atoms with Crippen LogP contribution in [0.15, 0.2) is 35.3 Å². The van der Waals surface area contributed by atoms with Gasteiger partial charge in [0.05, 0.1) is 6.54 Å². The van der Waals surface area contributed by atoms with E-state index in [2.05, 4.69) is 22.5 Å². The van der Waals surface area contributed by atoms with Crippen LogP contribution in [0.5, 0.6) is 0 Å². The Kier molecular flexibility index (Phi) is 5.31. The third kappa shape index (κ3) is 4.66. The second-order valence-corrected chi connectivity index (χ2v) is 4.44. The molecule has 0 unspecified atom stereocenters. The molecule has 1 aromatic rings. The van der Waals surface area contributed by atoms with Crippen LogP contribution in [0, 0.1) is 5.82 Å². The van der Waals surface area contributed by atoms with Gasteiger partial charge in [-0.3, -0.25) is 9.69 Å². The molecule has 0 aliphatic carbocycles. The third-order valence-corrected chi connectivity index (χ3v) is 2.89. The van der Waals surface area contributed by atoms with Gasteiger partial charge in [-0.25, -0.2) is 4.39 Å². The minimum absolute atomic E-state index is 0.0736. The molecule has 0 saturated heterocycles. The zero-order valence-electron chi connectivity index (χ0n) is 9.20. The predicted molar refractivity (Wildman–Crippen MR) is 67.2 cm³/mol. The van der Waals surface area contributed by atoms with Gasteiger partial charge >= 0.3 is 5.97 Å². The first-order chi connectivity index (χ1) is 8.02. The van der Waals surface area contributed by atoms with Gasteiger partial charge in [-0.1, -0.05) is 28.1 Å². The molecule has 0 saturated carbocycles. The lowest BCUT2D eigenvalue weighted by atomic mass is 10.2. The molecule has 17 heavy (non-hydrogen) atoms. The number of benzene rings is 1. The van der Waals surface area contributed by atoms with Gasteiger partial charge in [0.25, 0.3) is 0 Å². The molecule has 0 atom stereocenters. The van der Waals surface area contributed by atoms with E-state index in [1.165, 1.54) is 12.1 Å². The summed E-state index contributed by atoms with van der Waals surface area (Å²) < 4.78 is 13.5. The Labute approximate surface area is 108 Å². The zero-order chi connectivity index (χ0) is 12.8. The SMILES string of the molecule is C=CCN(CC(=O)O)Cc1ccc(F)cc1Br. The summed E-state index contributed by atoms with van der Waals surface area (Å²) in [5.74, 6) is -1.22. The molecule has 1 aromatic carbocycles. The molecule has 0 radical (unpaired) electrons. The molecule has 0 aliphatic rings. The number of rotatable bonds is 6. The summed E-state index contributed by atoms with van der Waals surface area (Å²) >= 11 is 3.25. The van der Waals surface area contributed by atoms with Gasteiger partial charge in [0, 0.05) is 17.6 Å². The fraction of sp³-hybridized carbons (Fsp3) is 0.250. The zero-order valence-corrected chi connectivity index (χ0v) is 10.8. The van der Waals surface area contributed by atoms with E-state index in [1.54, 1.807) is 17.0 Å². The maximum Gasteiger partial charge on any atom is 0.317 e. The van der Waals surface area contributed by atoms with E-state index in [1.807, 2.05) is 0 Å². The first-order valence-corrected chi connectivity index (χ1v) is 5.81. The summed E-state index contributed by atoms with van der Waals surface area (Å²) in [6.45, 7) is 4.40. The molecule has 0 aliphatic heterocycles. The molecule has 0 bridgehead atoms. The molecule has 5 heteroatoms. The normalized spacial score (nSPS) is 10.5. The van der Waals surface area contributed by atoms with Crippen LogP contribution in [0.25, 0.3) is 0 Å². The van der Waals surface area contributed by atoms with Crippen molar-refractivity contribution in [1.82, 2.24) is 4.90 Å². The Balaban J connectivity index is 2.77. The van der Waals surface area contributed by atoms with Crippen LogP contribution in [0.3, 0.4) is 0 Å². The molecule has 1 rings (SSSR count). The third-order valence-electron chi connectivity index (χ3n) is 2.16. The van der Waals surface area contributed by atoms with Gasteiger partial charge in [-0.2, -0.15) is 0 Å². The average molecular weight is 302 g/mol. The first-order valence-electron chi connectivity index (χ1n) is 5.02. The first kappa shape index (κ1) is 13.9. The predicted octanol–water partition coefficient (Wildman–Crippen LogP) is 2.66. The average Bonchev–Trinajstić information content (AvgIpc) is 2.21. The fourth-order valence-corrected chi connectivity index (χ4v) is 1.93. The van der Waals surface area contributed by atoms with Crippen molar-refractivity contribution in [3.63, 3.8) is 0 Å². The summed E-state index contributed by atoms with van der Waals surface area (Å²) in [6, 6.07) is 4.35. The van der Waals surface area contributed by atoms with Crippen LogP contribution in [0.1, 0.15) is 5.56 Å². The standard InChI is InChI=1S/C12H13BrFNO2/c1-2-5-15(8-12(16)17)7-9-3-4-10(14)6-11(9)13/h2-4,6H,1,5,7-8H2,(H,16,17). The lowest BCUT2D eigenvalue weighted by Crippen LogP contribution is -2.29. The highest BCUT2D eigenvalue weighted by atomic mass is 79.9. The van der Waals surface area contributed by atoms with Crippen molar-refractivity contribution in [2.75, 3.05) is 13.1 Å². The molecular weight excluding hydrogens is 289 g/mol. The Morgan fingerprint density at radius 3 is 2.82 bits per heavy atom. The number of nitrogens with zero attached hydrogens (tertiary/aromatic N) is 1. The highest BCUT2D eigenvalue weighted by Crippen LogP contribution is 2.19. The molecule has 1 N–H and O–H groups in total. The van der Waals surface area contributed by atoms with E-state index in [9.17, 15) is 9.18 Å². The summed E-state index contributed by atoms with van der Waals surface area (Å²) in [4.78, 5) is 12.4. The molecule has 0 spiro atoms. The fourth-order valence-electron chi connectivity index (χ4n) is 1.45. The van der Waals surface area contributed by atoms with Gasteiger partial charge in [0.1, 0.15) is 5.82 Å². The largest absolute Gasteiger partial charge is 0.480 e. The summed E-state index contributed by atoms with van der Waals surface area (Å²) in [7, 11) is 0. The van der Waals surface area contributed by atoms with Crippen molar-refractivity contribution in [3.05, 3.63) is 46.7 Å². The van der Waals surface area contributed by atoms with Crippen molar-refractivity contribution in [1.29, 1.82) is 0 Å². The summed E-state index contributed by atoms with van der Waals surface area (Å²) in [5, 5.41) is 8.75. The van der Waals surface area contributed by atoms with E-state index < -0.39 is 5.97 Å². The second kappa shape index (κ2) is 6.51. The van der Waals surface area contributed by atoms with Crippen LogP contribution in [0.4, 0.5) is 4.39 Å². The van der Waals surface area contributed by atoms with Crippen LogP contribution < -0.4 is 0 Å². The molecule has 92 valence electrons. The second-order valence-electron chi connectivity index (χ2n) is 3.59. The number of carboxylic acid groups (broad SMARTS) is 1. The lowest BCUT2D eigenvalue weighted by Gasteiger charge is -2.19.